The second-order valence-electron chi connectivity index (χ2n) is 5.14. The van der Waals surface area contributed by atoms with Gasteiger partial charge in [-0.15, -0.1) is 0 Å². The molecule has 1 aliphatic carbocycles. The van der Waals surface area contributed by atoms with Crippen LogP contribution in [-0.4, -0.2) is 21.5 Å². The molecule has 0 aromatic carbocycles. The van der Waals surface area contributed by atoms with Crippen molar-refractivity contribution in [3.63, 3.8) is 0 Å². The second-order valence-corrected chi connectivity index (χ2v) is 5.14. The zero-order chi connectivity index (χ0) is 11.2. The van der Waals surface area contributed by atoms with Crippen LogP contribution < -0.4 is 5.32 Å². The molecule has 2 aromatic heterocycles. The molecule has 1 aliphatic heterocycles. The quantitative estimate of drug-likeness (QED) is 0.829. The Kier molecular flexibility index (Phi) is 1.99. The van der Waals surface area contributed by atoms with Crippen LogP contribution in [0.5, 0.6) is 0 Å². The summed E-state index contributed by atoms with van der Waals surface area (Å²) in [7, 11) is 0. The molecule has 3 heterocycles. The maximum atomic E-state index is 4.61. The Morgan fingerprint density at radius 2 is 2.18 bits per heavy atom. The summed E-state index contributed by atoms with van der Waals surface area (Å²) in [6, 6.07) is 2.60. The Labute approximate surface area is 99.9 Å². The normalized spacial score (nSPS) is 24.6. The van der Waals surface area contributed by atoms with Gasteiger partial charge >= 0.3 is 0 Å². The summed E-state index contributed by atoms with van der Waals surface area (Å²) in [5.74, 6) is 1.80. The van der Waals surface area contributed by atoms with Crippen LogP contribution in [0.1, 0.15) is 49.0 Å². The molecule has 1 saturated carbocycles. The van der Waals surface area contributed by atoms with Crippen LogP contribution >= 0.6 is 0 Å². The molecule has 4 nitrogen and oxygen atoms in total. The number of H-pyrrole nitrogens is 1. The van der Waals surface area contributed by atoms with Crippen molar-refractivity contribution < 1.29 is 0 Å². The van der Waals surface area contributed by atoms with E-state index in [1.165, 1.54) is 31.2 Å². The highest BCUT2D eigenvalue weighted by atomic mass is 15.0. The van der Waals surface area contributed by atoms with Crippen molar-refractivity contribution in [3.05, 3.63) is 23.7 Å². The first kappa shape index (κ1) is 9.59. The topological polar surface area (TPSA) is 53.6 Å². The SMILES string of the molecule is c1cc(C2CCCN2)c2[nH]c(C3CC3)nc2n1. The number of pyridine rings is 1. The number of fused-ring (bicyclic) bond motifs is 1. The largest absolute Gasteiger partial charge is 0.340 e. The monoisotopic (exact) mass is 228 g/mol. The van der Waals surface area contributed by atoms with Crippen LogP contribution in [0.15, 0.2) is 12.3 Å². The molecule has 2 N–H and O–H groups in total. The van der Waals surface area contributed by atoms with Gasteiger partial charge in [0.25, 0.3) is 0 Å². The van der Waals surface area contributed by atoms with Crippen LogP contribution in [0.3, 0.4) is 0 Å². The molecule has 4 rings (SSSR count). The van der Waals surface area contributed by atoms with Crippen molar-refractivity contribution >= 4 is 11.2 Å². The summed E-state index contributed by atoms with van der Waals surface area (Å²) in [5.41, 5.74) is 3.37. The van der Waals surface area contributed by atoms with Crippen molar-refractivity contribution in [2.75, 3.05) is 6.54 Å². The first-order chi connectivity index (χ1) is 8.42. The van der Waals surface area contributed by atoms with E-state index in [0.29, 0.717) is 12.0 Å². The summed E-state index contributed by atoms with van der Waals surface area (Å²) < 4.78 is 0. The van der Waals surface area contributed by atoms with E-state index in [2.05, 4.69) is 26.3 Å². The number of imidazole rings is 1. The molecule has 0 radical (unpaired) electrons. The highest BCUT2D eigenvalue weighted by molar-refractivity contribution is 5.75. The number of rotatable bonds is 2. The number of aromatic amines is 1. The molecule has 4 heteroatoms. The minimum atomic E-state index is 0.480. The van der Waals surface area contributed by atoms with E-state index in [1.54, 1.807) is 0 Å². The molecule has 1 atom stereocenters. The third-order valence-electron chi connectivity index (χ3n) is 3.84. The standard InChI is InChI=1S/C13H16N4/c1-2-10(14-6-1)9-5-7-15-13-11(9)16-12(17-13)8-3-4-8/h5,7-8,10,14H,1-4,6H2,(H,15,16,17). The third-order valence-corrected chi connectivity index (χ3v) is 3.84. The fraction of sp³-hybridized carbons (Fsp3) is 0.538. The van der Waals surface area contributed by atoms with Crippen LogP contribution in [-0.2, 0) is 0 Å². The van der Waals surface area contributed by atoms with E-state index < -0.39 is 0 Å². The first-order valence-electron chi connectivity index (χ1n) is 6.50. The average Bonchev–Trinajstić information content (AvgIpc) is 2.92. The molecular weight excluding hydrogens is 212 g/mol. The van der Waals surface area contributed by atoms with Crippen LogP contribution in [0.4, 0.5) is 0 Å². The first-order valence-corrected chi connectivity index (χ1v) is 6.50. The van der Waals surface area contributed by atoms with Gasteiger partial charge in [-0.2, -0.15) is 0 Å². The van der Waals surface area contributed by atoms with Crippen LogP contribution in [0.2, 0.25) is 0 Å². The molecule has 2 aliphatic rings. The predicted molar refractivity (Wildman–Crippen MR) is 65.8 cm³/mol. The lowest BCUT2D eigenvalue weighted by Gasteiger charge is -2.10. The molecular formula is C13H16N4. The fourth-order valence-corrected chi connectivity index (χ4v) is 2.74. The number of hydrogen-bond donors (Lipinski definition) is 2. The Bertz CT molecular complexity index is 550. The molecule has 1 saturated heterocycles. The van der Waals surface area contributed by atoms with Crippen LogP contribution in [0, 0.1) is 0 Å². The van der Waals surface area contributed by atoms with Crippen molar-refractivity contribution in [1.29, 1.82) is 0 Å². The highest BCUT2D eigenvalue weighted by Gasteiger charge is 2.28. The summed E-state index contributed by atoms with van der Waals surface area (Å²) >= 11 is 0. The number of hydrogen-bond acceptors (Lipinski definition) is 3. The lowest BCUT2D eigenvalue weighted by Crippen LogP contribution is -2.13. The molecule has 0 amide bonds. The zero-order valence-corrected chi connectivity index (χ0v) is 9.74. The fourth-order valence-electron chi connectivity index (χ4n) is 2.74. The van der Waals surface area contributed by atoms with E-state index in [0.717, 1.165) is 23.5 Å². The van der Waals surface area contributed by atoms with Gasteiger partial charge in [0.15, 0.2) is 5.65 Å². The molecule has 88 valence electrons. The van der Waals surface area contributed by atoms with Gasteiger partial charge in [-0.3, -0.25) is 0 Å². The Morgan fingerprint density at radius 1 is 1.24 bits per heavy atom. The summed E-state index contributed by atoms with van der Waals surface area (Å²) in [4.78, 5) is 12.5. The van der Waals surface area contributed by atoms with E-state index >= 15 is 0 Å². The van der Waals surface area contributed by atoms with E-state index in [4.69, 9.17) is 0 Å². The van der Waals surface area contributed by atoms with E-state index in [9.17, 15) is 0 Å². The van der Waals surface area contributed by atoms with Crippen LogP contribution in [0.25, 0.3) is 11.2 Å². The van der Waals surface area contributed by atoms with Gasteiger partial charge in [0, 0.05) is 18.2 Å². The molecule has 1 unspecified atom stereocenters. The molecule has 2 aromatic rings. The van der Waals surface area contributed by atoms with Gasteiger partial charge < -0.3 is 10.3 Å². The second kappa shape index (κ2) is 3.53. The maximum Gasteiger partial charge on any atom is 0.178 e. The zero-order valence-electron chi connectivity index (χ0n) is 9.74. The van der Waals surface area contributed by atoms with Gasteiger partial charge in [-0.05, 0) is 43.9 Å². The van der Waals surface area contributed by atoms with Crippen molar-refractivity contribution in [3.8, 4) is 0 Å². The average molecular weight is 228 g/mol. The van der Waals surface area contributed by atoms with Gasteiger partial charge in [-0.1, -0.05) is 0 Å². The Morgan fingerprint density at radius 3 is 2.94 bits per heavy atom. The lowest BCUT2D eigenvalue weighted by molar-refractivity contribution is 0.651. The maximum absolute atomic E-state index is 4.61. The van der Waals surface area contributed by atoms with Crippen molar-refractivity contribution in [1.82, 2.24) is 20.3 Å². The molecule has 0 spiro atoms. The Hall–Kier alpha value is -1.42. The minimum Gasteiger partial charge on any atom is -0.340 e. The minimum absolute atomic E-state index is 0.480. The van der Waals surface area contributed by atoms with Gasteiger partial charge in [0.05, 0.1) is 5.52 Å². The number of nitrogens with one attached hydrogen (secondary N) is 2. The van der Waals surface area contributed by atoms with Gasteiger partial charge in [0.2, 0.25) is 0 Å². The number of nitrogens with zero attached hydrogens (tertiary/aromatic N) is 2. The smallest absolute Gasteiger partial charge is 0.178 e. The van der Waals surface area contributed by atoms with Crippen molar-refractivity contribution in [2.24, 2.45) is 0 Å². The molecule has 17 heavy (non-hydrogen) atoms. The van der Waals surface area contributed by atoms with Gasteiger partial charge in [-0.25, -0.2) is 9.97 Å². The summed E-state index contributed by atoms with van der Waals surface area (Å²) in [5, 5.41) is 3.54. The van der Waals surface area contributed by atoms with E-state index in [1.807, 2.05) is 6.20 Å². The Balaban J connectivity index is 1.84. The van der Waals surface area contributed by atoms with E-state index in [-0.39, 0.29) is 0 Å². The molecule has 0 bridgehead atoms. The highest BCUT2D eigenvalue weighted by Crippen LogP contribution is 2.39. The summed E-state index contributed by atoms with van der Waals surface area (Å²) in [6.07, 6.45) is 6.91. The predicted octanol–water partition coefficient (Wildman–Crippen LogP) is 2.26. The third kappa shape index (κ3) is 1.55. The number of aromatic nitrogens is 3. The van der Waals surface area contributed by atoms with Crippen molar-refractivity contribution in [2.45, 2.75) is 37.6 Å². The summed E-state index contributed by atoms with van der Waals surface area (Å²) in [6.45, 7) is 1.12. The molecule has 2 fully saturated rings. The van der Waals surface area contributed by atoms with Gasteiger partial charge in [0.1, 0.15) is 5.82 Å². The lowest BCUT2D eigenvalue weighted by atomic mass is 10.1.